The van der Waals surface area contributed by atoms with Gasteiger partial charge in [0.15, 0.2) is 0 Å². The lowest BCUT2D eigenvalue weighted by atomic mass is 10.2. The van der Waals surface area contributed by atoms with Gasteiger partial charge in [-0.2, -0.15) is 0 Å². The molecule has 0 amide bonds. The van der Waals surface area contributed by atoms with Crippen molar-refractivity contribution in [1.29, 1.82) is 0 Å². The van der Waals surface area contributed by atoms with Crippen molar-refractivity contribution in [3.63, 3.8) is 0 Å². The van der Waals surface area contributed by atoms with Crippen molar-refractivity contribution < 1.29 is 0 Å². The van der Waals surface area contributed by atoms with E-state index in [0.29, 0.717) is 6.04 Å². The van der Waals surface area contributed by atoms with Gasteiger partial charge in [-0.05, 0) is 40.4 Å². The molecule has 2 rings (SSSR count). The molecule has 1 atom stereocenters. The molecular weight excluding hydrogens is 238 g/mol. The third-order valence-electron chi connectivity index (χ3n) is 3.58. The largest absolute Gasteiger partial charge is 0.373 e. The smallest absolute Gasteiger partial charge is 0.144 e. The first kappa shape index (κ1) is 14.2. The molecule has 1 aliphatic heterocycles. The fourth-order valence-corrected chi connectivity index (χ4v) is 2.74. The quantitative estimate of drug-likeness (QED) is 0.869. The minimum atomic E-state index is 0.636. The van der Waals surface area contributed by atoms with E-state index in [-0.39, 0.29) is 0 Å². The molecule has 0 spiro atoms. The topological polar surface area (TPSA) is 44.3 Å². The van der Waals surface area contributed by atoms with Crippen LogP contribution in [-0.4, -0.2) is 60.0 Å². The number of aryl methyl sites for hydroxylation is 1. The third kappa shape index (κ3) is 3.88. The van der Waals surface area contributed by atoms with E-state index in [1.54, 1.807) is 0 Å². The van der Waals surface area contributed by atoms with Crippen molar-refractivity contribution in [2.75, 3.05) is 39.5 Å². The van der Waals surface area contributed by atoms with Gasteiger partial charge in [-0.15, -0.1) is 0 Å². The molecule has 1 aromatic heterocycles. The zero-order chi connectivity index (χ0) is 13.8. The van der Waals surface area contributed by atoms with E-state index < -0.39 is 0 Å². The van der Waals surface area contributed by atoms with Crippen LogP contribution < -0.4 is 5.32 Å². The van der Waals surface area contributed by atoms with Crippen molar-refractivity contribution in [3.05, 3.63) is 17.6 Å². The Morgan fingerprint density at radius 2 is 2.21 bits per heavy atom. The summed E-state index contributed by atoms with van der Waals surface area (Å²) in [6.45, 7) is 5.15. The van der Waals surface area contributed by atoms with Crippen molar-refractivity contribution in [2.24, 2.45) is 0 Å². The monoisotopic (exact) mass is 263 g/mol. The lowest BCUT2D eigenvalue weighted by molar-refractivity contribution is 0.197. The molecular formula is C14H25N5. The van der Waals surface area contributed by atoms with Gasteiger partial charge >= 0.3 is 0 Å². The molecule has 1 fully saturated rings. The van der Waals surface area contributed by atoms with Gasteiger partial charge in [0.05, 0.1) is 6.54 Å². The standard InChI is InChI=1S/C14H25N5/c1-11-8-13(15-2)17-14(16-11)10-19-7-5-6-12(19)9-18(3)4/h8,12H,5-7,9-10H2,1-4H3,(H,15,16,17). The van der Waals surface area contributed by atoms with Crippen LogP contribution in [0.25, 0.3) is 0 Å². The zero-order valence-corrected chi connectivity index (χ0v) is 12.5. The van der Waals surface area contributed by atoms with E-state index in [0.717, 1.165) is 37.0 Å². The van der Waals surface area contributed by atoms with Gasteiger partial charge in [0.2, 0.25) is 0 Å². The molecule has 0 bridgehead atoms. The predicted molar refractivity (Wildman–Crippen MR) is 78.3 cm³/mol. The normalized spacial score (nSPS) is 20.2. The Labute approximate surface area is 116 Å². The first-order valence-electron chi connectivity index (χ1n) is 6.99. The summed E-state index contributed by atoms with van der Waals surface area (Å²) in [4.78, 5) is 13.9. The van der Waals surface area contributed by atoms with E-state index >= 15 is 0 Å². The molecule has 0 aliphatic carbocycles. The van der Waals surface area contributed by atoms with Crippen LogP contribution in [0.4, 0.5) is 5.82 Å². The highest BCUT2D eigenvalue weighted by Crippen LogP contribution is 2.20. The van der Waals surface area contributed by atoms with E-state index in [2.05, 4.69) is 39.2 Å². The van der Waals surface area contributed by atoms with Crippen LogP contribution in [0.2, 0.25) is 0 Å². The van der Waals surface area contributed by atoms with Crippen molar-refractivity contribution in [3.8, 4) is 0 Å². The molecule has 2 heterocycles. The predicted octanol–water partition coefficient (Wildman–Crippen LogP) is 1.35. The fraction of sp³-hybridized carbons (Fsp3) is 0.714. The SMILES string of the molecule is CNc1cc(C)nc(CN2CCCC2CN(C)C)n1. The van der Waals surface area contributed by atoms with Gasteiger partial charge in [-0.25, -0.2) is 9.97 Å². The second kappa shape index (κ2) is 6.30. The summed E-state index contributed by atoms with van der Waals surface area (Å²) in [6, 6.07) is 2.61. The van der Waals surface area contributed by atoms with Crippen LogP contribution in [0.15, 0.2) is 6.07 Å². The molecule has 1 saturated heterocycles. The van der Waals surface area contributed by atoms with E-state index in [1.165, 1.54) is 12.8 Å². The van der Waals surface area contributed by atoms with Gasteiger partial charge in [0.25, 0.3) is 0 Å². The number of rotatable bonds is 5. The Hall–Kier alpha value is -1.20. The highest BCUT2D eigenvalue weighted by atomic mass is 15.2. The third-order valence-corrected chi connectivity index (χ3v) is 3.58. The minimum absolute atomic E-state index is 0.636. The molecule has 1 aliphatic rings. The van der Waals surface area contributed by atoms with Crippen LogP contribution in [0.5, 0.6) is 0 Å². The van der Waals surface area contributed by atoms with Crippen LogP contribution in [0, 0.1) is 6.92 Å². The molecule has 0 saturated carbocycles. The number of likely N-dealkylation sites (N-methyl/N-ethyl adjacent to an activating group) is 1. The van der Waals surface area contributed by atoms with Crippen LogP contribution >= 0.6 is 0 Å². The molecule has 106 valence electrons. The van der Waals surface area contributed by atoms with E-state index in [4.69, 9.17) is 0 Å². The highest BCUT2D eigenvalue weighted by molar-refractivity contribution is 5.34. The summed E-state index contributed by atoms with van der Waals surface area (Å²) in [5.74, 6) is 1.83. The molecule has 1 N–H and O–H groups in total. The fourth-order valence-electron chi connectivity index (χ4n) is 2.74. The van der Waals surface area contributed by atoms with Gasteiger partial charge in [-0.1, -0.05) is 0 Å². The molecule has 0 aromatic carbocycles. The number of anilines is 1. The van der Waals surface area contributed by atoms with Crippen molar-refractivity contribution in [1.82, 2.24) is 19.8 Å². The summed E-state index contributed by atoms with van der Waals surface area (Å²) >= 11 is 0. The Morgan fingerprint density at radius 1 is 1.42 bits per heavy atom. The van der Waals surface area contributed by atoms with E-state index in [9.17, 15) is 0 Å². The Morgan fingerprint density at radius 3 is 2.89 bits per heavy atom. The van der Waals surface area contributed by atoms with Gasteiger partial charge < -0.3 is 10.2 Å². The second-order valence-electron chi connectivity index (χ2n) is 5.59. The Bertz CT molecular complexity index is 418. The van der Waals surface area contributed by atoms with E-state index in [1.807, 2.05) is 20.0 Å². The highest BCUT2D eigenvalue weighted by Gasteiger charge is 2.25. The van der Waals surface area contributed by atoms with Crippen molar-refractivity contribution >= 4 is 5.82 Å². The number of nitrogens with zero attached hydrogens (tertiary/aromatic N) is 4. The Balaban J connectivity index is 2.05. The number of hydrogen-bond donors (Lipinski definition) is 1. The lowest BCUT2D eigenvalue weighted by Gasteiger charge is -2.26. The summed E-state index contributed by atoms with van der Waals surface area (Å²) in [6.07, 6.45) is 2.56. The molecule has 1 unspecified atom stereocenters. The van der Waals surface area contributed by atoms with Gasteiger partial charge in [0, 0.05) is 31.4 Å². The minimum Gasteiger partial charge on any atom is -0.373 e. The Kier molecular flexibility index (Phi) is 4.71. The number of likely N-dealkylation sites (tertiary alicyclic amines) is 1. The molecule has 1 aromatic rings. The number of nitrogens with one attached hydrogen (secondary N) is 1. The zero-order valence-electron chi connectivity index (χ0n) is 12.5. The molecule has 5 heteroatoms. The summed E-state index contributed by atoms with van der Waals surface area (Å²) in [5, 5.41) is 3.10. The lowest BCUT2D eigenvalue weighted by Crippen LogP contribution is -2.37. The second-order valence-corrected chi connectivity index (χ2v) is 5.59. The average Bonchev–Trinajstić information content (AvgIpc) is 2.75. The maximum Gasteiger partial charge on any atom is 0.144 e. The van der Waals surface area contributed by atoms with Crippen LogP contribution in [0.3, 0.4) is 0 Å². The van der Waals surface area contributed by atoms with Crippen molar-refractivity contribution in [2.45, 2.75) is 32.4 Å². The maximum atomic E-state index is 4.55. The molecule has 0 radical (unpaired) electrons. The first-order chi connectivity index (χ1) is 9.08. The summed E-state index contributed by atoms with van der Waals surface area (Å²) in [5.41, 5.74) is 1.03. The molecule has 5 nitrogen and oxygen atoms in total. The number of aromatic nitrogens is 2. The summed E-state index contributed by atoms with van der Waals surface area (Å²) in [7, 11) is 6.17. The maximum absolute atomic E-state index is 4.55. The van der Waals surface area contributed by atoms with Crippen LogP contribution in [0.1, 0.15) is 24.4 Å². The average molecular weight is 263 g/mol. The van der Waals surface area contributed by atoms with Gasteiger partial charge in [0.1, 0.15) is 11.6 Å². The summed E-state index contributed by atoms with van der Waals surface area (Å²) < 4.78 is 0. The first-order valence-corrected chi connectivity index (χ1v) is 6.99. The molecule has 19 heavy (non-hydrogen) atoms. The van der Waals surface area contributed by atoms with Crippen LogP contribution in [-0.2, 0) is 6.54 Å². The van der Waals surface area contributed by atoms with Gasteiger partial charge in [-0.3, -0.25) is 4.90 Å². The number of hydrogen-bond acceptors (Lipinski definition) is 5.